The second-order valence-electron chi connectivity index (χ2n) is 40.0. The molecule has 4 aromatic rings. The maximum absolute atomic E-state index is 2.59. The minimum absolute atomic E-state index is 0.642. The van der Waals surface area contributed by atoms with Crippen LogP contribution in [0.5, 0.6) is 0 Å². The fourth-order valence-corrected chi connectivity index (χ4v) is 18.0. The Morgan fingerprint density at radius 2 is 0.710 bits per heavy atom. The van der Waals surface area contributed by atoms with Gasteiger partial charge in [-0.1, -0.05) is 299 Å². The van der Waals surface area contributed by atoms with Gasteiger partial charge in [-0.2, -0.15) is 0 Å². The van der Waals surface area contributed by atoms with E-state index in [0.717, 1.165) is 108 Å². The number of benzene rings is 3. The maximum Gasteiger partial charge on any atom is 0.0247 e. The largest absolute Gasteiger partial charge is 0.301 e. The molecule has 0 amide bonds. The van der Waals surface area contributed by atoms with Crippen molar-refractivity contribution in [2.75, 3.05) is 32.7 Å². The molecule has 10 rings (SSSR count). The first-order chi connectivity index (χ1) is 50.0. The molecule has 3 aromatic carbocycles. The smallest absolute Gasteiger partial charge is 0.0247 e. The maximum atomic E-state index is 2.59. The summed E-state index contributed by atoms with van der Waals surface area (Å²) in [4.78, 5) is 10.8. The first-order valence-electron chi connectivity index (χ1n) is 45.3. The molecule has 107 heavy (non-hydrogen) atoms. The van der Waals surface area contributed by atoms with Crippen LogP contribution in [0, 0.1) is 88.8 Å². The van der Waals surface area contributed by atoms with Gasteiger partial charge in [0.15, 0.2) is 0 Å². The zero-order chi connectivity index (χ0) is 81.3. The summed E-state index contributed by atoms with van der Waals surface area (Å²) in [5.41, 5.74) is 11.9. The first-order valence-corrected chi connectivity index (χ1v) is 46.1. The van der Waals surface area contributed by atoms with Crippen molar-refractivity contribution in [3.63, 3.8) is 0 Å². The van der Waals surface area contributed by atoms with Crippen LogP contribution in [0.15, 0.2) is 90.5 Å². The summed E-state index contributed by atoms with van der Waals surface area (Å²) in [7, 11) is 0. The molecule has 3 aliphatic heterocycles. The summed E-state index contributed by atoms with van der Waals surface area (Å²) in [5, 5.41) is 0. The molecule has 5 atom stereocenters. The van der Waals surface area contributed by atoms with Crippen molar-refractivity contribution in [1.82, 2.24) is 14.7 Å². The van der Waals surface area contributed by atoms with Crippen molar-refractivity contribution in [2.45, 2.75) is 392 Å². The number of hydrogen-bond donors (Lipinski definition) is 0. The Balaban J connectivity index is 0.000000410. The molecular weight excluding hydrogens is 1310 g/mol. The summed E-state index contributed by atoms with van der Waals surface area (Å²) in [5.74, 6) is 18.7. The number of nitrogens with zero attached hydrogens (tertiary/aromatic N) is 3. The van der Waals surface area contributed by atoms with Crippen molar-refractivity contribution in [2.24, 2.45) is 88.8 Å². The molecule has 0 N–H and O–H groups in total. The average Bonchev–Trinajstić information content (AvgIpc) is 1.68. The second-order valence-corrected chi connectivity index (χ2v) is 41.2. The van der Waals surface area contributed by atoms with Crippen molar-refractivity contribution < 1.29 is 0 Å². The zero-order valence-corrected chi connectivity index (χ0v) is 78.8. The third kappa shape index (κ3) is 37.2. The van der Waals surface area contributed by atoms with Crippen LogP contribution < -0.4 is 0 Å². The molecule has 3 nitrogen and oxygen atoms in total. The highest BCUT2D eigenvalue weighted by Gasteiger charge is 2.32. The van der Waals surface area contributed by atoms with Gasteiger partial charge in [0.2, 0.25) is 0 Å². The van der Waals surface area contributed by atoms with Gasteiger partial charge in [-0.05, 0) is 294 Å². The van der Waals surface area contributed by atoms with E-state index in [1.54, 1.807) is 20.9 Å². The molecule has 0 spiro atoms. The number of fused-ring (bicyclic) bond motifs is 1. The van der Waals surface area contributed by atoms with Gasteiger partial charge in [-0.3, -0.25) is 9.80 Å². The average molecular weight is 1500 g/mol. The van der Waals surface area contributed by atoms with E-state index >= 15 is 0 Å². The normalized spacial score (nSPS) is 21.2. The van der Waals surface area contributed by atoms with E-state index in [2.05, 4.69) is 349 Å². The fraction of sp³-hybridized carbons (Fsp3) is 0.767. The predicted octanol–water partition coefficient (Wildman–Crippen LogP) is 31.6. The van der Waals surface area contributed by atoms with E-state index < -0.39 is 0 Å². The molecule has 1 aromatic heterocycles. The Hall–Kier alpha value is -3.02. The van der Waals surface area contributed by atoms with Gasteiger partial charge in [-0.25, -0.2) is 0 Å². The van der Waals surface area contributed by atoms with Gasteiger partial charge in [0.1, 0.15) is 0 Å². The Morgan fingerprint density at radius 3 is 1.00 bits per heavy atom. The molecule has 4 heteroatoms. The predicted molar refractivity (Wildman–Crippen MR) is 487 cm³/mol. The van der Waals surface area contributed by atoms with Gasteiger partial charge >= 0.3 is 0 Å². The van der Waals surface area contributed by atoms with Gasteiger partial charge in [0.25, 0.3) is 0 Å². The first kappa shape index (κ1) is 100. The van der Waals surface area contributed by atoms with Crippen LogP contribution in [0.4, 0.5) is 0 Å². The third-order valence-electron chi connectivity index (χ3n) is 25.8. The third-order valence-corrected chi connectivity index (χ3v) is 27.3. The molecule has 5 unspecified atom stereocenters. The van der Waals surface area contributed by atoms with E-state index in [1.807, 2.05) is 11.3 Å². The van der Waals surface area contributed by atoms with E-state index in [0.29, 0.717) is 53.5 Å². The molecule has 4 fully saturated rings. The van der Waals surface area contributed by atoms with Crippen LogP contribution >= 0.6 is 11.3 Å². The van der Waals surface area contributed by atoms with Crippen LogP contribution in [-0.2, 0) is 13.0 Å². The summed E-state index contributed by atoms with van der Waals surface area (Å²) in [6, 6.07) is 31.1. The molecule has 4 heterocycles. The van der Waals surface area contributed by atoms with Crippen LogP contribution in [0.1, 0.15) is 410 Å². The molecule has 616 valence electrons. The number of hydrogen-bond acceptors (Lipinski definition) is 4. The highest BCUT2D eigenvalue weighted by molar-refractivity contribution is 7.12. The van der Waals surface area contributed by atoms with Crippen LogP contribution in [0.25, 0.3) is 0 Å². The van der Waals surface area contributed by atoms with Crippen LogP contribution in [-0.4, -0.2) is 65.5 Å². The summed E-state index contributed by atoms with van der Waals surface area (Å²) >= 11 is 2.03. The minimum atomic E-state index is 0.642. The van der Waals surface area contributed by atoms with Gasteiger partial charge in [0, 0.05) is 60.6 Å². The quantitative estimate of drug-likeness (QED) is 0.0920. The van der Waals surface area contributed by atoms with Crippen LogP contribution in [0.3, 0.4) is 0 Å². The van der Waals surface area contributed by atoms with Crippen molar-refractivity contribution in [3.8, 4) is 0 Å². The standard InChI is InChI=1S/C13H21NS.C12H24.3C12H18.2C11H22.C10H21N.C10H19N/c1-9(2)13-7-11-8-14(10(3)4)6-5-12(11)15-13;2*1-9(2)11-5-7-12(8-6-11)10(3)4;1-9(2)11-6-5-7-12(8-11)10(3)4;1-9(2)11-7-5-6-8-12(11)10(3)4;1-8(2)10-5-6-11(7-10)9(3)4;1-8(2)10-6-5-7-11(10)9(3)4;2*1-8(2)10-5-6-11(7-10)9(3)4/h7,9-10H,5-6,8H2,1-4H3;9-12H,5-8H2,1-4H3;3*5-10H,1-4H3;2*8-11H,5-7H2,1-4H3;8-10H,5-7H2,1-4H3;5,8-9H,6-7H2,1-4H3. The van der Waals surface area contributed by atoms with E-state index in [1.165, 1.54) is 137 Å². The highest BCUT2D eigenvalue weighted by Crippen LogP contribution is 2.42. The van der Waals surface area contributed by atoms with Crippen LogP contribution in [0.2, 0.25) is 0 Å². The minimum Gasteiger partial charge on any atom is -0.301 e. The molecule has 1 saturated heterocycles. The summed E-state index contributed by atoms with van der Waals surface area (Å²) < 4.78 is 0. The van der Waals surface area contributed by atoms with Gasteiger partial charge in [-0.15, -0.1) is 11.3 Å². The highest BCUT2D eigenvalue weighted by atomic mass is 32.1. The molecule has 3 saturated carbocycles. The Labute approximate surface area is 674 Å². The lowest BCUT2D eigenvalue weighted by Gasteiger charge is -2.32. The van der Waals surface area contributed by atoms with Crippen molar-refractivity contribution in [1.29, 1.82) is 0 Å². The lowest BCUT2D eigenvalue weighted by molar-refractivity contribution is 0.189. The lowest BCUT2D eigenvalue weighted by Crippen LogP contribution is -2.35. The number of likely N-dealkylation sites (tertiary alicyclic amines) is 1. The Kier molecular flexibility index (Phi) is 48.3. The molecule has 0 bridgehead atoms. The van der Waals surface area contributed by atoms with E-state index in [-0.39, 0.29) is 0 Å². The van der Waals surface area contributed by atoms with Crippen molar-refractivity contribution in [3.05, 3.63) is 139 Å². The van der Waals surface area contributed by atoms with Gasteiger partial charge in [0.05, 0.1) is 0 Å². The molecular formula is C103H183N3S. The molecule has 6 aliphatic rings. The monoisotopic (exact) mass is 1490 g/mol. The summed E-state index contributed by atoms with van der Waals surface area (Å²) in [6.45, 7) is 90.3. The second kappa shape index (κ2) is 51.7. The zero-order valence-electron chi connectivity index (χ0n) is 78.0. The number of thiophene rings is 1. The van der Waals surface area contributed by atoms with E-state index in [4.69, 9.17) is 0 Å². The molecule has 0 radical (unpaired) electrons. The SMILES string of the molecule is CC(C)C1=CCN(C(C)C)C1.CC(C)C1CCC(C(C)C)C1.CC(C)C1CCC(C(C)C)CC1.CC(C)C1CCCC1C(C)C.CC(C)C1CCN(C(C)C)C1.CC(C)c1cc2c(s1)CCN(C(C)C)C2.CC(C)c1ccc(C(C)C)cc1.CC(C)c1cccc(C(C)C)c1.CC(C)c1ccccc1C(C)C. The van der Waals surface area contributed by atoms with Crippen molar-refractivity contribution >= 4 is 11.3 Å². The number of rotatable bonds is 18. The Morgan fingerprint density at radius 1 is 0.318 bits per heavy atom. The summed E-state index contributed by atoms with van der Waals surface area (Å²) in [6.07, 6.45) is 19.9. The van der Waals surface area contributed by atoms with Gasteiger partial charge < -0.3 is 4.90 Å². The Bertz CT molecular complexity index is 2730. The fourth-order valence-electron chi connectivity index (χ4n) is 16.9. The topological polar surface area (TPSA) is 9.72 Å². The van der Waals surface area contributed by atoms with E-state index in [9.17, 15) is 0 Å². The molecule has 3 aliphatic carbocycles. The lowest BCUT2D eigenvalue weighted by atomic mass is 9.73.